The van der Waals surface area contributed by atoms with Crippen LogP contribution in [0.1, 0.15) is 57.8 Å². The maximum Gasteiger partial charge on any atom is 0.118 e. The molecule has 1 aliphatic carbocycles. The van der Waals surface area contributed by atoms with Gasteiger partial charge in [0.15, 0.2) is 0 Å². The zero-order valence-electron chi connectivity index (χ0n) is 14.2. The largest absolute Gasteiger partial charge is 0.468 e. The van der Waals surface area contributed by atoms with Crippen molar-refractivity contribution in [2.45, 2.75) is 65.6 Å². The Morgan fingerprint density at radius 1 is 1.29 bits per heavy atom. The molecule has 1 aromatic rings. The van der Waals surface area contributed by atoms with Crippen molar-refractivity contribution in [3.63, 3.8) is 0 Å². The Balaban J connectivity index is 1.76. The maximum atomic E-state index is 5.72. The highest BCUT2D eigenvalue weighted by Crippen LogP contribution is 2.27. The Hall–Kier alpha value is -0.800. The lowest BCUT2D eigenvalue weighted by atomic mass is 9.87. The molecule has 0 bridgehead atoms. The molecular weight excluding hydrogens is 260 g/mol. The molecule has 1 saturated carbocycles. The van der Waals surface area contributed by atoms with E-state index in [0.29, 0.717) is 5.92 Å². The lowest BCUT2D eigenvalue weighted by Gasteiger charge is -2.33. The van der Waals surface area contributed by atoms with E-state index in [1.165, 1.54) is 31.2 Å². The minimum absolute atomic E-state index is 0.691. The summed E-state index contributed by atoms with van der Waals surface area (Å²) in [7, 11) is 2.24. The highest BCUT2D eigenvalue weighted by molar-refractivity contribution is 5.12. The zero-order valence-corrected chi connectivity index (χ0v) is 14.2. The molecule has 0 saturated heterocycles. The molecule has 0 atom stereocenters. The van der Waals surface area contributed by atoms with Crippen LogP contribution < -0.4 is 5.32 Å². The normalized spacial score (nSPS) is 23.1. The molecule has 1 aromatic heterocycles. The van der Waals surface area contributed by atoms with E-state index in [2.05, 4.69) is 44.1 Å². The van der Waals surface area contributed by atoms with Gasteiger partial charge >= 0.3 is 0 Å². The molecular formula is C18H32N2O. The molecule has 0 radical (unpaired) electrons. The highest BCUT2D eigenvalue weighted by atomic mass is 16.3. The van der Waals surface area contributed by atoms with Gasteiger partial charge in [0.05, 0.1) is 12.8 Å². The van der Waals surface area contributed by atoms with Crippen molar-refractivity contribution in [1.82, 2.24) is 10.2 Å². The van der Waals surface area contributed by atoms with Gasteiger partial charge in [-0.2, -0.15) is 0 Å². The van der Waals surface area contributed by atoms with Gasteiger partial charge in [0.2, 0.25) is 0 Å². The van der Waals surface area contributed by atoms with E-state index in [-0.39, 0.29) is 0 Å². The Morgan fingerprint density at radius 3 is 2.67 bits per heavy atom. The third-order valence-corrected chi connectivity index (χ3v) is 4.60. The van der Waals surface area contributed by atoms with E-state index in [0.717, 1.165) is 37.4 Å². The van der Waals surface area contributed by atoms with Crippen molar-refractivity contribution >= 4 is 0 Å². The SMILES string of the molecule is CC(C)CNCc1coc(CN(C)C2CCC(C)CC2)c1. The molecule has 1 heterocycles. The third kappa shape index (κ3) is 5.48. The first-order chi connectivity index (χ1) is 10.0. The van der Waals surface area contributed by atoms with E-state index < -0.39 is 0 Å². The first kappa shape index (κ1) is 16.6. The van der Waals surface area contributed by atoms with Crippen LogP contribution in [0.15, 0.2) is 16.7 Å². The summed E-state index contributed by atoms with van der Waals surface area (Å²) in [5.41, 5.74) is 1.26. The fraction of sp³-hybridized carbons (Fsp3) is 0.778. The Labute approximate surface area is 130 Å². The number of rotatable bonds is 7. The zero-order chi connectivity index (χ0) is 15.2. The maximum absolute atomic E-state index is 5.72. The Kier molecular flexibility index (Phi) is 6.31. The van der Waals surface area contributed by atoms with Crippen LogP contribution >= 0.6 is 0 Å². The summed E-state index contributed by atoms with van der Waals surface area (Å²) in [5.74, 6) is 2.70. The minimum Gasteiger partial charge on any atom is -0.468 e. The van der Waals surface area contributed by atoms with Gasteiger partial charge in [0.1, 0.15) is 5.76 Å². The van der Waals surface area contributed by atoms with Gasteiger partial charge in [-0.3, -0.25) is 4.90 Å². The van der Waals surface area contributed by atoms with Crippen molar-refractivity contribution in [2.75, 3.05) is 13.6 Å². The van der Waals surface area contributed by atoms with Gasteiger partial charge in [-0.1, -0.05) is 20.8 Å². The molecule has 1 aliphatic rings. The van der Waals surface area contributed by atoms with Gasteiger partial charge in [0.25, 0.3) is 0 Å². The average Bonchev–Trinajstić information content (AvgIpc) is 2.86. The minimum atomic E-state index is 0.691. The summed E-state index contributed by atoms with van der Waals surface area (Å²) in [5, 5.41) is 3.46. The van der Waals surface area contributed by atoms with Crippen LogP contribution in [0, 0.1) is 11.8 Å². The van der Waals surface area contributed by atoms with Crippen molar-refractivity contribution in [3.8, 4) is 0 Å². The van der Waals surface area contributed by atoms with Crippen LogP contribution in [0.5, 0.6) is 0 Å². The molecule has 0 amide bonds. The molecule has 3 heteroatoms. The molecule has 3 nitrogen and oxygen atoms in total. The monoisotopic (exact) mass is 292 g/mol. The van der Waals surface area contributed by atoms with E-state index in [9.17, 15) is 0 Å². The second-order valence-electron chi connectivity index (χ2n) is 7.27. The molecule has 1 N–H and O–H groups in total. The second-order valence-corrected chi connectivity index (χ2v) is 7.27. The molecule has 1 fully saturated rings. The van der Waals surface area contributed by atoms with Gasteiger partial charge < -0.3 is 9.73 Å². The molecule has 0 aliphatic heterocycles. The summed E-state index contributed by atoms with van der Waals surface area (Å²) >= 11 is 0. The van der Waals surface area contributed by atoms with Crippen LogP contribution in [0.3, 0.4) is 0 Å². The number of nitrogens with zero attached hydrogens (tertiary/aromatic N) is 1. The Morgan fingerprint density at radius 2 is 2.00 bits per heavy atom. The van der Waals surface area contributed by atoms with Crippen LogP contribution in [0.4, 0.5) is 0 Å². The van der Waals surface area contributed by atoms with Crippen molar-refractivity contribution in [3.05, 3.63) is 23.7 Å². The van der Waals surface area contributed by atoms with Crippen molar-refractivity contribution in [2.24, 2.45) is 11.8 Å². The Bertz CT molecular complexity index is 405. The summed E-state index contributed by atoms with van der Waals surface area (Å²) in [4.78, 5) is 2.47. The van der Waals surface area contributed by atoms with Crippen LogP contribution in [0.2, 0.25) is 0 Å². The fourth-order valence-electron chi connectivity index (χ4n) is 3.17. The number of furan rings is 1. The van der Waals surface area contributed by atoms with E-state index >= 15 is 0 Å². The standard InChI is InChI=1S/C18H32N2O/c1-14(2)10-19-11-16-9-18(21-13-16)12-20(4)17-7-5-15(3)6-8-17/h9,13-15,17,19H,5-8,10-12H2,1-4H3. The van der Waals surface area contributed by atoms with Gasteiger partial charge in [-0.25, -0.2) is 0 Å². The summed E-state index contributed by atoms with van der Waals surface area (Å²) in [6, 6.07) is 2.93. The quantitative estimate of drug-likeness (QED) is 0.822. The van der Waals surface area contributed by atoms with Crippen molar-refractivity contribution < 1.29 is 4.42 Å². The fourth-order valence-corrected chi connectivity index (χ4v) is 3.17. The molecule has 120 valence electrons. The van der Waals surface area contributed by atoms with E-state index in [1.54, 1.807) is 0 Å². The lowest BCUT2D eigenvalue weighted by molar-refractivity contribution is 0.154. The topological polar surface area (TPSA) is 28.4 Å². The average molecular weight is 292 g/mol. The third-order valence-electron chi connectivity index (χ3n) is 4.60. The predicted molar refractivity (Wildman–Crippen MR) is 88.1 cm³/mol. The number of hydrogen-bond donors (Lipinski definition) is 1. The van der Waals surface area contributed by atoms with Crippen molar-refractivity contribution in [1.29, 1.82) is 0 Å². The van der Waals surface area contributed by atoms with Crippen LogP contribution in [0.25, 0.3) is 0 Å². The van der Waals surface area contributed by atoms with Gasteiger partial charge in [0, 0.05) is 18.2 Å². The number of hydrogen-bond acceptors (Lipinski definition) is 3. The summed E-state index contributed by atoms with van der Waals surface area (Å²) in [6.45, 7) is 9.73. The number of nitrogens with one attached hydrogen (secondary N) is 1. The summed E-state index contributed by atoms with van der Waals surface area (Å²) in [6.07, 6.45) is 7.32. The van der Waals surface area contributed by atoms with E-state index in [4.69, 9.17) is 4.42 Å². The molecule has 0 spiro atoms. The van der Waals surface area contributed by atoms with E-state index in [1.807, 2.05) is 6.26 Å². The lowest BCUT2D eigenvalue weighted by Crippen LogP contribution is -2.34. The van der Waals surface area contributed by atoms with Crippen LogP contribution in [-0.2, 0) is 13.1 Å². The molecule has 0 aromatic carbocycles. The molecule has 0 unspecified atom stereocenters. The first-order valence-electron chi connectivity index (χ1n) is 8.51. The summed E-state index contributed by atoms with van der Waals surface area (Å²) < 4.78 is 5.72. The van der Waals surface area contributed by atoms with Crippen LogP contribution in [-0.4, -0.2) is 24.5 Å². The predicted octanol–water partition coefficient (Wildman–Crippen LogP) is 4.04. The molecule has 2 rings (SSSR count). The van der Waals surface area contributed by atoms with Gasteiger partial charge in [-0.05, 0) is 57.2 Å². The smallest absolute Gasteiger partial charge is 0.118 e. The first-order valence-corrected chi connectivity index (χ1v) is 8.51. The molecule has 21 heavy (non-hydrogen) atoms. The van der Waals surface area contributed by atoms with Gasteiger partial charge in [-0.15, -0.1) is 0 Å². The second kappa shape index (κ2) is 8.00. The highest BCUT2D eigenvalue weighted by Gasteiger charge is 2.22.